The molecule has 1 N–H and O–H groups in total. The van der Waals surface area contributed by atoms with Gasteiger partial charge in [-0.05, 0) is 37.0 Å². The summed E-state index contributed by atoms with van der Waals surface area (Å²) in [5.74, 6) is 0.409. The maximum absolute atomic E-state index is 12.6. The molecule has 0 bridgehead atoms. The number of rotatable bonds is 3. The molecule has 1 heterocycles. The molecule has 0 aliphatic heterocycles. The van der Waals surface area contributed by atoms with Gasteiger partial charge < -0.3 is 5.32 Å². The van der Waals surface area contributed by atoms with E-state index in [4.69, 9.17) is 0 Å². The third-order valence-corrected chi connectivity index (χ3v) is 6.23. The quantitative estimate of drug-likeness (QED) is 0.821. The van der Waals surface area contributed by atoms with Gasteiger partial charge in [0.15, 0.2) is 10.9 Å². The molecule has 5 heteroatoms. The van der Waals surface area contributed by atoms with Crippen molar-refractivity contribution in [1.82, 2.24) is 4.98 Å². The Balaban J connectivity index is 1.76. The molecular formula is C19H26N2O2S. The molecule has 0 aromatic carbocycles. The van der Waals surface area contributed by atoms with Gasteiger partial charge in [-0.3, -0.25) is 9.59 Å². The number of carbonyl (C=O) groups excluding carboxylic acids is 2. The molecule has 2 atom stereocenters. The van der Waals surface area contributed by atoms with Crippen molar-refractivity contribution >= 4 is 28.2 Å². The average molecular weight is 346 g/mol. The summed E-state index contributed by atoms with van der Waals surface area (Å²) in [6.07, 6.45) is 3.52. The number of hydrogen-bond acceptors (Lipinski definition) is 4. The maximum atomic E-state index is 12.6. The Morgan fingerprint density at radius 3 is 2.54 bits per heavy atom. The molecule has 1 saturated carbocycles. The molecule has 130 valence electrons. The highest BCUT2D eigenvalue weighted by Crippen LogP contribution is 2.59. The molecular weight excluding hydrogens is 320 g/mol. The summed E-state index contributed by atoms with van der Waals surface area (Å²) < 4.78 is 0. The minimum absolute atomic E-state index is 0.0142. The number of nitrogens with one attached hydrogen (secondary N) is 1. The Morgan fingerprint density at radius 2 is 1.92 bits per heavy atom. The number of aromatic nitrogens is 1. The second-order valence-corrected chi connectivity index (χ2v) is 9.79. The first kappa shape index (κ1) is 17.3. The van der Waals surface area contributed by atoms with Gasteiger partial charge in [-0.1, -0.05) is 50.7 Å². The second kappa shape index (κ2) is 5.51. The predicted molar refractivity (Wildman–Crippen MR) is 97.4 cm³/mol. The molecule has 2 aliphatic carbocycles. The van der Waals surface area contributed by atoms with Gasteiger partial charge in [-0.15, -0.1) is 0 Å². The SMILES string of the molecule is CC(C)=C[C@@H]1[C@@H](C(=O)Nc2nc3c(s2)C(=O)CC(C)(C)C3)C1(C)C. The number of Topliss-reactive ketones (excluding diaryl/α,β-unsaturated/α-hetero) is 1. The third kappa shape index (κ3) is 3.06. The molecule has 0 unspecified atom stereocenters. The summed E-state index contributed by atoms with van der Waals surface area (Å²) in [5, 5.41) is 3.52. The zero-order valence-electron chi connectivity index (χ0n) is 15.3. The van der Waals surface area contributed by atoms with Crippen molar-refractivity contribution in [3.05, 3.63) is 22.2 Å². The van der Waals surface area contributed by atoms with E-state index < -0.39 is 0 Å². The fraction of sp³-hybridized carbons (Fsp3) is 0.632. The van der Waals surface area contributed by atoms with Gasteiger partial charge >= 0.3 is 0 Å². The first-order chi connectivity index (χ1) is 11.0. The van der Waals surface area contributed by atoms with Gasteiger partial charge in [0.05, 0.1) is 16.5 Å². The number of ketones is 1. The van der Waals surface area contributed by atoms with Crippen molar-refractivity contribution in [1.29, 1.82) is 0 Å². The summed E-state index contributed by atoms with van der Waals surface area (Å²) in [6.45, 7) is 12.5. The van der Waals surface area contributed by atoms with Gasteiger partial charge in [0.2, 0.25) is 5.91 Å². The van der Waals surface area contributed by atoms with Crippen molar-refractivity contribution < 1.29 is 9.59 Å². The normalized spacial score (nSPS) is 26.5. The smallest absolute Gasteiger partial charge is 0.230 e. The van der Waals surface area contributed by atoms with Crippen LogP contribution in [0.1, 0.15) is 63.3 Å². The van der Waals surface area contributed by atoms with Gasteiger partial charge in [0.25, 0.3) is 0 Å². The van der Waals surface area contributed by atoms with Gasteiger partial charge in [-0.2, -0.15) is 0 Å². The van der Waals surface area contributed by atoms with Gasteiger partial charge in [-0.25, -0.2) is 4.98 Å². The lowest BCUT2D eigenvalue weighted by Crippen LogP contribution is -2.26. The van der Waals surface area contributed by atoms with Crippen LogP contribution in [-0.2, 0) is 11.2 Å². The number of amides is 1. The highest BCUT2D eigenvalue weighted by atomic mass is 32.1. The molecule has 0 spiro atoms. The second-order valence-electron chi connectivity index (χ2n) is 8.79. The Hall–Kier alpha value is -1.49. The van der Waals surface area contributed by atoms with E-state index in [2.05, 4.69) is 57.9 Å². The van der Waals surface area contributed by atoms with Crippen molar-refractivity contribution in [3.8, 4) is 0 Å². The van der Waals surface area contributed by atoms with Crippen LogP contribution in [-0.4, -0.2) is 16.7 Å². The summed E-state index contributed by atoms with van der Waals surface area (Å²) in [5.41, 5.74) is 2.01. The van der Waals surface area contributed by atoms with Crippen LogP contribution in [0.15, 0.2) is 11.6 Å². The van der Waals surface area contributed by atoms with Crippen molar-refractivity contribution in [2.45, 2.75) is 54.4 Å². The van der Waals surface area contributed by atoms with E-state index in [-0.39, 0.29) is 34.4 Å². The van der Waals surface area contributed by atoms with Crippen LogP contribution in [0.3, 0.4) is 0 Å². The molecule has 2 aliphatic rings. The lowest BCUT2D eigenvalue weighted by atomic mass is 9.78. The van der Waals surface area contributed by atoms with E-state index in [0.29, 0.717) is 11.6 Å². The molecule has 0 saturated heterocycles. The number of fused-ring (bicyclic) bond motifs is 1. The van der Waals surface area contributed by atoms with Crippen molar-refractivity contribution in [2.24, 2.45) is 22.7 Å². The molecule has 1 aromatic rings. The summed E-state index contributed by atoms with van der Waals surface area (Å²) >= 11 is 1.32. The summed E-state index contributed by atoms with van der Waals surface area (Å²) in [6, 6.07) is 0. The molecule has 24 heavy (non-hydrogen) atoms. The minimum Gasteiger partial charge on any atom is -0.302 e. The standard InChI is InChI=1S/C19H26N2O2S/c1-10(2)7-11-14(19(11,5)6)16(23)21-17-20-12-8-18(3,4)9-13(22)15(12)24-17/h7,11,14H,8-9H2,1-6H3,(H,20,21,23)/t11-,14+/m1/s1. The highest BCUT2D eigenvalue weighted by molar-refractivity contribution is 7.17. The topological polar surface area (TPSA) is 59.1 Å². The van der Waals surface area contributed by atoms with E-state index in [1.165, 1.54) is 16.9 Å². The first-order valence-electron chi connectivity index (χ1n) is 8.50. The van der Waals surface area contributed by atoms with Crippen LogP contribution in [0, 0.1) is 22.7 Å². The van der Waals surface area contributed by atoms with Crippen LogP contribution in [0.2, 0.25) is 0 Å². The van der Waals surface area contributed by atoms with Crippen LogP contribution < -0.4 is 5.32 Å². The molecule has 1 fully saturated rings. The van der Waals surface area contributed by atoms with Crippen LogP contribution in [0.5, 0.6) is 0 Å². The Kier molecular flexibility index (Phi) is 3.98. The van der Waals surface area contributed by atoms with Gasteiger partial charge in [0.1, 0.15) is 0 Å². The number of hydrogen-bond donors (Lipinski definition) is 1. The van der Waals surface area contributed by atoms with E-state index in [1.54, 1.807) is 0 Å². The number of thiazole rings is 1. The predicted octanol–water partition coefficient (Wildman–Crippen LogP) is 4.48. The van der Waals surface area contributed by atoms with Gasteiger partial charge in [0, 0.05) is 6.42 Å². The molecule has 0 radical (unpaired) electrons. The number of allylic oxidation sites excluding steroid dienone is 2. The monoisotopic (exact) mass is 346 g/mol. The molecule has 1 aromatic heterocycles. The Morgan fingerprint density at radius 1 is 1.25 bits per heavy atom. The molecule has 3 rings (SSSR count). The third-order valence-electron chi connectivity index (χ3n) is 5.17. The fourth-order valence-electron chi connectivity index (χ4n) is 3.81. The zero-order chi connectivity index (χ0) is 17.9. The highest BCUT2D eigenvalue weighted by Gasteiger charge is 2.60. The van der Waals surface area contributed by atoms with Crippen LogP contribution in [0.25, 0.3) is 0 Å². The number of carbonyl (C=O) groups is 2. The zero-order valence-corrected chi connectivity index (χ0v) is 16.1. The molecule has 1 amide bonds. The summed E-state index contributed by atoms with van der Waals surface area (Å²) in [7, 11) is 0. The Bertz CT molecular complexity index is 739. The minimum atomic E-state index is -0.0491. The lowest BCUT2D eigenvalue weighted by molar-refractivity contribution is -0.118. The van der Waals surface area contributed by atoms with E-state index in [9.17, 15) is 9.59 Å². The van der Waals surface area contributed by atoms with Crippen LogP contribution >= 0.6 is 11.3 Å². The van der Waals surface area contributed by atoms with E-state index >= 15 is 0 Å². The number of nitrogens with zero attached hydrogens (tertiary/aromatic N) is 1. The van der Waals surface area contributed by atoms with E-state index in [0.717, 1.165) is 17.0 Å². The Labute approximate surface area is 147 Å². The van der Waals surface area contributed by atoms with Crippen LogP contribution in [0.4, 0.5) is 5.13 Å². The largest absolute Gasteiger partial charge is 0.302 e. The first-order valence-corrected chi connectivity index (χ1v) is 9.32. The molecule has 4 nitrogen and oxygen atoms in total. The average Bonchev–Trinajstić information content (AvgIpc) is 2.75. The van der Waals surface area contributed by atoms with Crippen molar-refractivity contribution in [2.75, 3.05) is 5.32 Å². The maximum Gasteiger partial charge on any atom is 0.230 e. The fourth-order valence-corrected chi connectivity index (χ4v) is 4.73. The number of anilines is 1. The van der Waals surface area contributed by atoms with Crippen molar-refractivity contribution in [3.63, 3.8) is 0 Å². The van der Waals surface area contributed by atoms with E-state index in [1.807, 2.05) is 0 Å². The lowest BCUT2D eigenvalue weighted by Gasteiger charge is -2.26. The summed E-state index contributed by atoms with van der Waals surface area (Å²) in [4.78, 5) is 30.2.